The predicted molar refractivity (Wildman–Crippen MR) is 189 cm³/mol. The summed E-state index contributed by atoms with van der Waals surface area (Å²) in [6.07, 6.45) is 6.80. The number of halogens is 2. The fourth-order valence-corrected chi connectivity index (χ4v) is 7.68. The second-order valence-corrected chi connectivity index (χ2v) is 13.8. The van der Waals surface area contributed by atoms with Gasteiger partial charge in [-0.2, -0.15) is 4.98 Å². The van der Waals surface area contributed by atoms with Crippen molar-refractivity contribution in [3.8, 4) is 34.1 Å². The topological polar surface area (TPSA) is 139 Å². The Bertz CT molecular complexity index is 1910. The largest absolute Gasteiger partial charge is 0.481 e. The molecule has 3 atom stereocenters. The highest BCUT2D eigenvalue weighted by Crippen LogP contribution is 2.44. The third-order valence-corrected chi connectivity index (χ3v) is 10.4. The van der Waals surface area contributed by atoms with Gasteiger partial charge in [-0.05, 0) is 55.0 Å². The first-order valence-corrected chi connectivity index (χ1v) is 17.6. The molecule has 4 heterocycles. The van der Waals surface area contributed by atoms with Crippen molar-refractivity contribution in [2.45, 2.75) is 57.3 Å². The SMILES string of the molecule is COc1nc(O[C@H]2CCc3c(-c4cccc(-c5cnc(CNC[C@@H]6CCC(=O)N6)cn5)c4Cl)cccc32)c(Cl)cc1CN1CC[C@@H](C(=O)O)C1. The highest BCUT2D eigenvalue weighted by atomic mass is 35.5. The van der Waals surface area contributed by atoms with Crippen LogP contribution in [0.4, 0.5) is 0 Å². The molecule has 0 saturated carbocycles. The van der Waals surface area contributed by atoms with Crippen LogP contribution >= 0.6 is 23.2 Å². The van der Waals surface area contributed by atoms with Gasteiger partial charge in [0.25, 0.3) is 0 Å². The van der Waals surface area contributed by atoms with Gasteiger partial charge >= 0.3 is 5.97 Å². The van der Waals surface area contributed by atoms with Crippen LogP contribution in [-0.4, -0.2) is 69.6 Å². The van der Waals surface area contributed by atoms with Crippen molar-refractivity contribution in [1.82, 2.24) is 30.5 Å². The van der Waals surface area contributed by atoms with E-state index < -0.39 is 5.97 Å². The van der Waals surface area contributed by atoms with E-state index >= 15 is 0 Å². The molecule has 2 aromatic carbocycles. The Morgan fingerprint density at radius 3 is 2.60 bits per heavy atom. The van der Waals surface area contributed by atoms with E-state index in [1.807, 2.05) is 24.3 Å². The minimum Gasteiger partial charge on any atom is -0.481 e. The van der Waals surface area contributed by atoms with E-state index in [0.717, 1.165) is 58.3 Å². The summed E-state index contributed by atoms with van der Waals surface area (Å²) in [5.74, 6) is -0.336. The molecule has 11 nitrogen and oxygen atoms in total. The summed E-state index contributed by atoms with van der Waals surface area (Å²) in [5.41, 5.74) is 7.21. The number of amides is 1. The number of carbonyl (C=O) groups excluding carboxylic acids is 1. The standard InChI is InChI=1S/C37H38Cl2N6O5/c1-49-35-22(20-45-13-12-21(19-45)37(47)48)14-30(38)36(44-35)50-32-10-9-26-25(4-2-5-27(26)32)28-6-3-7-29(34(28)39)31-18-41-24(17-42-31)16-40-15-23-8-11-33(46)43-23/h2-7,14,17-18,21,23,32,40H,8-13,15-16,19-20H2,1H3,(H,43,46)(H,47,48)/t21-,23+,32+/m1/s1. The number of likely N-dealkylation sites (tertiary alicyclic amines) is 1. The zero-order valence-corrected chi connectivity index (χ0v) is 29.1. The number of pyridine rings is 1. The normalized spacial score (nSPS) is 20.1. The van der Waals surface area contributed by atoms with E-state index in [1.54, 1.807) is 25.6 Å². The van der Waals surface area contributed by atoms with Gasteiger partial charge in [-0.3, -0.25) is 24.5 Å². The van der Waals surface area contributed by atoms with Crippen LogP contribution in [0.5, 0.6) is 11.8 Å². The zero-order valence-electron chi connectivity index (χ0n) is 27.6. The Kier molecular flexibility index (Phi) is 10.2. The van der Waals surface area contributed by atoms with Gasteiger partial charge in [0.05, 0.1) is 41.8 Å². The molecule has 1 aliphatic carbocycles. The van der Waals surface area contributed by atoms with Gasteiger partial charge in [0, 0.05) is 55.3 Å². The second kappa shape index (κ2) is 14.9. The fraction of sp³-hybridized carbons (Fsp3) is 0.378. The zero-order chi connectivity index (χ0) is 34.8. The first kappa shape index (κ1) is 34.2. The number of benzene rings is 2. The maximum atomic E-state index is 11.4. The van der Waals surface area contributed by atoms with Crippen LogP contribution in [0, 0.1) is 5.92 Å². The maximum absolute atomic E-state index is 11.4. The summed E-state index contributed by atoms with van der Waals surface area (Å²) in [7, 11) is 1.56. The lowest BCUT2D eigenvalue weighted by Crippen LogP contribution is -2.35. The number of nitrogens with one attached hydrogen (secondary N) is 2. The van der Waals surface area contributed by atoms with Crippen molar-refractivity contribution in [2.75, 3.05) is 26.7 Å². The molecule has 3 aliphatic rings. The van der Waals surface area contributed by atoms with Crippen molar-refractivity contribution in [2.24, 2.45) is 5.92 Å². The summed E-state index contributed by atoms with van der Waals surface area (Å²) in [6, 6.07) is 14.1. The molecule has 2 aliphatic heterocycles. The molecule has 2 fully saturated rings. The average Bonchev–Trinajstić information content (AvgIpc) is 3.87. The van der Waals surface area contributed by atoms with E-state index in [2.05, 4.69) is 42.6 Å². The number of aromatic nitrogens is 3. The highest BCUT2D eigenvalue weighted by molar-refractivity contribution is 6.36. The number of nitrogens with zero attached hydrogens (tertiary/aromatic N) is 4. The number of fused-ring (bicyclic) bond motifs is 1. The minimum atomic E-state index is -0.771. The molecule has 0 spiro atoms. The van der Waals surface area contributed by atoms with Gasteiger partial charge in [-0.15, -0.1) is 0 Å². The molecular weight excluding hydrogens is 679 g/mol. The van der Waals surface area contributed by atoms with Crippen LogP contribution in [0.2, 0.25) is 10.0 Å². The number of carboxylic acids is 1. The predicted octanol–water partition coefficient (Wildman–Crippen LogP) is 5.86. The van der Waals surface area contributed by atoms with Crippen molar-refractivity contribution < 1.29 is 24.2 Å². The molecule has 2 saturated heterocycles. The molecule has 0 bridgehead atoms. The van der Waals surface area contributed by atoms with Gasteiger partial charge in [-0.1, -0.05) is 59.6 Å². The van der Waals surface area contributed by atoms with Gasteiger partial charge in [0.2, 0.25) is 17.7 Å². The molecule has 4 aromatic rings. The van der Waals surface area contributed by atoms with Crippen molar-refractivity contribution in [3.63, 3.8) is 0 Å². The Labute approximate surface area is 300 Å². The lowest BCUT2D eigenvalue weighted by molar-refractivity contribution is -0.141. The van der Waals surface area contributed by atoms with Gasteiger partial charge in [-0.25, -0.2) is 0 Å². The van der Waals surface area contributed by atoms with E-state index in [9.17, 15) is 14.7 Å². The third kappa shape index (κ3) is 7.27. The van der Waals surface area contributed by atoms with E-state index in [4.69, 9.17) is 32.7 Å². The summed E-state index contributed by atoms with van der Waals surface area (Å²) >= 11 is 13.8. The molecule has 260 valence electrons. The van der Waals surface area contributed by atoms with Crippen LogP contribution in [0.3, 0.4) is 0 Å². The Morgan fingerprint density at radius 1 is 1.04 bits per heavy atom. The number of hydrogen-bond acceptors (Lipinski definition) is 9. The molecule has 50 heavy (non-hydrogen) atoms. The molecule has 1 amide bonds. The van der Waals surface area contributed by atoms with E-state index in [1.165, 1.54) is 0 Å². The maximum Gasteiger partial charge on any atom is 0.307 e. The quantitative estimate of drug-likeness (QED) is 0.163. The first-order valence-electron chi connectivity index (χ1n) is 16.8. The Morgan fingerprint density at radius 2 is 1.86 bits per heavy atom. The fourth-order valence-electron chi connectivity index (χ4n) is 7.14. The lowest BCUT2D eigenvalue weighted by Gasteiger charge is -2.20. The summed E-state index contributed by atoms with van der Waals surface area (Å²) < 4.78 is 12.1. The minimum absolute atomic E-state index is 0.104. The number of rotatable bonds is 12. The van der Waals surface area contributed by atoms with Gasteiger partial charge in [0.15, 0.2) is 0 Å². The molecule has 7 rings (SSSR count). The number of carboxylic acid groups (broad SMARTS) is 1. The van der Waals surface area contributed by atoms with Crippen molar-refractivity contribution in [3.05, 3.63) is 87.3 Å². The summed E-state index contributed by atoms with van der Waals surface area (Å²) in [6.45, 7) is 2.90. The second-order valence-electron chi connectivity index (χ2n) is 13.0. The van der Waals surface area contributed by atoms with E-state index in [0.29, 0.717) is 73.1 Å². The van der Waals surface area contributed by atoms with Crippen molar-refractivity contribution >= 4 is 35.1 Å². The summed E-state index contributed by atoms with van der Waals surface area (Å²) in [4.78, 5) is 38.8. The van der Waals surface area contributed by atoms with Crippen molar-refractivity contribution in [1.29, 1.82) is 0 Å². The van der Waals surface area contributed by atoms with Crippen LogP contribution in [0.15, 0.2) is 54.9 Å². The molecule has 0 unspecified atom stereocenters. The van der Waals surface area contributed by atoms with Crippen LogP contribution in [0.25, 0.3) is 22.4 Å². The average molecular weight is 718 g/mol. The van der Waals surface area contributed by atoms with Crippen LogP contribution in [0.1, 0.15) is 54.2 Å². The molecule has 2 aromatic heterocycles. The number of ether oxygens (including phenoxy) is 2. The third-order valence-electron chi connectivity index (χ3n) is 9.71. The molecule has 0 radical (unpaired) electrons. The highest BCUT2D eigenvalue weighted by Gasteiger charge is 2.31. The lowest BCUT2D eigenvalue weighted by atomic mass is 9.95. The number of methoxy groups -OCH3 is 1. The van der Waals surface area contributed by atoms with Crippen LogP contribution < -0.4 is 20.1 Å². The smallest absolute Gasteiger partial charge is 0.307 e. The number of hydrogen-bond donors (Lipinski definition) is 3. The molecule has 3 N–H and O–H groups in total. The van der Waals surface area contributed by atoms with E-state index in [-0.39, 0.29) is 24.0 Å². The summed E-state index contributed by atoms with van der Waals surface area (Å²) in [5, 5.41) is 16.7. The molecule has 13 heteroatoms. The van der Waals surface area contributed by atoms with Gasteiger partial charge in [0.1, 0.15) is 11.1 Å². The Balaban J connectivity index is 1.05. The van der Waals surface area contributed by atoms with Gasteiger partial charge < -0.3 is 25.2 Å². The number of aliphatic carboxylic acids is 1. The molecular formula is C37H38Cl2N6O5. The first-order chi connectivity index (χ1) is 24.3. The monoisotopic (exact) mass is 716 g/mol. The Hall–Kier alpha value is -4.29. The number of carbonyl (C=O) groups is 2. The van der Waals surface area contributed by atoms with Crippen LogP contribution in [-0.2, 0) is 29.1 Å².